The van der Waals surface area contributed by atoms with E-state index < -0.39 is 10.9 Å². The van der Waals surface area contributed by atoms with Crippen LogP contribution in [0.25, 0.3) is 6.08 Å². The van der Waals surface area contributed by atoms with Gasteiger partial charge in [0.05, 0.1) is 9.83 Å². The van der Waals surface area contributed by atoms with E-state index in [1.54, 1.807) is 18.2 Å². The van der Waals surface area contributed by atoms with Crippen molar-refractivity contribution in [3.63, 3.8) is 0 Å². The molecule has 0 saturated carbocycles. The number of carbonyl (C=O) groups excluding carboxylic acids is 1. The number of benzene rings is 1. The molecule has 120 valence electrons. The van der Waals surface area contributed by atoms with Gasteiger partial charge in [0.15, 0.2) is 0 Å². The van der Waals surface area contributed by atoms with E-state index >= 15 is 0 Å². The number of carboxylic acid groups (broad SMARTS) is 1. The highest BCUT2D eigenvalue weighted by molar-refractivity contribution is 8.26. The minimum atomic E-state index is -0.920. The van der Waals surface area contributed by atoms with Gasteiger partial charge in [-0.25, -0.2) is 0 Å². The third kappa shape index (κ3) is 4.36. The Morgan fingerprint density at radius 2 is 2.04 bits per heavy atom. The number of non-ortho nitro benzene ring substituents is 1. The molecule has 0 spiro atoms. The highest BCUT2D eigenvalue weighted by Crippen LogP contribution is 2.32. The van der Waals surface area contributed by atoms with Crippen LogP contribution in [0.1, 0.15) is 18.4 Å². The fourth-order valence-corrected chi connectivity index (χ4v) is 3.23. The van der Waals surface area contributed by atoms with Crippen LogP contribution >= 0.6 is 24.0 Å². The summed E-state index contributed by atoms with van der Waals surface area (Å²) in [6.45, 7) is 0.259. The molecule has 23 heavy (non-hydrogen) atoms. The number of nitro groups is 1. The third-order valence-corrected chi connectivity index (χ3v) is 4.43. The fraction of sp³-hybridized carbons (Fsp3) is 0.214. The Labute approximate surface area is 141 Å². The van der Waals surface area contributed by atoms with Crippen LogP contribution in [0, 0.1) is 10.1 Å². The predicted molar refractivity (Wildman–Crippen MR) is 89.8 cm³/mol. The van der Waals surface area contributed by atoms with Crippen molar-refractivity contribution in [1.29, 1.82) is 0 Å². The summed E-state index contributed by atoms with van der Waals surface area (Å²) < 4.78 is 0.383. The second-order valence-electron chi connectivity index (χ2n) is 4.68. The first-order valence-electron chi connectivity index (χ1n) is 6.60. The first-order valence-corrected chi connectivity index (χ1v) is 7.82. The lowest BCUT2D eigenvalue weighted by molar-refractivity contribution is -0.384. The van der Waals surface area contributed by atoms with Gasteiger partial charge in [0, 0.05) is 25.1 Å². The molecule has 7 nitrogen and oxygen atoms in total. The molecule has 1 aliphatic rings. The molecule has 1 aromatic carbocycles. The molecule has 1 aromatic rings. The van der Waals surface area contributed by atoms with Crippen molar-refractivity contribution >= 4 is 51.9 Å². The van der Waals surface area contributed by atoms with Crippen LogP contribution in [0.5, 0.6) is 0 Å². The number of amides is 1. The summed E-state index contributed by atoms with van der Waals surface area (Å²) in [6.07, 6.45) is 1.91. The molecule has 9 heteroatoms. The summed E-state index contributed by atoms with van der Waals surface area (Å²) in [5.41, 5.74) is 0.630. The van der Waals surface area contributed by atoms with Crippen molar-refractivity contribution in [2.45, 2.75) is 12.8 Å². The molecule has 1 heterocycles. The summed E-state index contributed by atoms with van der Waals surface area (Å²) >= 11 is 6.27. The van der Waals surface area contributed by atoms with Crippen molar-refractivity contribution in [3.8, 4) is 0 Å². The number of hydrogen-bond donors (Lipinski definition) is 1. The number of rotatable bonds is 6. The lowest BCUT2D eigenvalue weighted by Crippen LogP contribution is -2.29. The first kappa shape index (κ1) is 17.1. The number of carbonyl (C=O) groups is 2. The molecule has 1 N–H and O–H groups in total. The number of thioether (sulfide) groups is 1. The minimum absolute atomic E-state index is 0.0247. The van der Waals surface area contributed by atoms with E-state index in [-0.39, 0.29) is 24.6 Å². The number of hydrogen-bond acceptors (Lipinski definition) is 6. The zero-order valence-electron chi connectivity index (χ0n) is 11.8. The molecule has 0 aromatic heterocycles. The molecular weight excluding hydrogens is 340 g/mol. The van der Waals surface area contributed by atoms with Crippen molar-refractivity contribution in [3.05, 3.63) is 44.8 Å². The van der Waals surface area contributed by atoms with Crippen molar-refractivity contribution < 1.29 is 19.6 Å². The van der Waals surface area contributed by atoms with E-state index in [0.717, 1.165) is 11.8 Å². The van der Waals surface area contributed by atoms with E-state index in [9.17, 15) is 19.7 Å². The maximum atomic E-state index is 12.3. The summed E-state index contributed by atoms with van der Waals surface area (Å²) in [5.74, 6) is -1.19. The van der Waals surface area contributed by atoms with E-state index in [4.69, 9.17) is 17.3 Å². The molecular formula is C14H12N2O5S2. The Morgan fingerprint density at radius 3 is 2.61 bits per heavy atom. The summed E-state index contributed by atoms with van der Waals surface area (Å²) in [4.78, 5) is 34.7. The molecule has 0 unspecified atom stereocenters. The molecule has 0 bridgehead atoms. The lowest BCUT2D eigenvalue weighted by atomic mass is 10.2. The normalized spacial score (nSPS) is 16.2. The fourth-order valence-electron chi connectivity index (χ4n) is 1.92. The van der Waals surface area contributed by atoms with Crippen LogP contribution in [-0.2, 0) is 9.59 Å². The van der Waals surface area contributed by atoms with Crippen LogP contribution in [0.2, 0.25) is 0 Å². The Hall–Kier alpha value is -2.26. The van der Waals surface area contributed by atoms with Crippen LogP contribution in [0.3, 0.4) is 0 Å². The summed E-state index contributed by atoms with van der Waals surface area (Å²) in [5, 5.41) is 19.2. The summed E-state index contributed by atoms with van der Waals surface area (Å²) in [6, 6.07) is 5.82. The molecule has 1 fully saturated rings. The standard InChI is InChI=1S/C14H12N2O5S2/c17-12(18)2-1-7-15-13(19)11(23-14(15)22)8-9-3-5-10(6-4-9)16(20)21/h3-6,8H,1-2,7H2,(H,17,18)/b11-8+. The number of thiocarbonyl (C=S) groups is 1. The molecule has 2 rings (SSSR count). The SMILES string of the molecule is O=C(O)CCCN1C(=O)/C(=C\c2ccc([N+](=O)[O-])cc2)SC1=S. The number of aliphatic carboxylic acids is 1. The number of nitrogens with zero attached hydrogens (tertiary/aromatic N) is 2. The molecule has 1 saturated heterocycles. The average Bonchev–Trinajstić information content (AvgIpc) is 2.75. The first-order chi connectivity index (χ1) is 10.9. The Morgan fingerprint density at radius 1 is 1.39 bits per heavy atom. The maximum absolute atomic E-state index is 12.3. The van der Waals surface area contributed by atoms with E-state index in [0.29, 0.717) is 21.2 Å². The van der Waals surface area contributed by atoms with E-state index in [1.807, 2.05) is 0 Å². The molecule has 0 aliphatic carbocycles. The molecule has 1 amide bonds. The molecule has 0 atom stereocenters. The van der Waals surface area contributed by atoms with Crippen LogP contribution in [-0.4, -0.2) is 37.7 Å². The largest absolute Gasteiger partial charge is 0.481 e. The second-order valence-corrected chi connectivity index (χ2v) is 6.36. The molecule has 0 radical (unpaired) electrons. The minimum Gasteiger partial charge on any atom is -0.481 e. The monoisotopic (exact) mass is 352 g/mol. The van der Waals surface area contributed by atoms with Crippen molar-refractivity contribution in [2.75, 3.05) is 6.54 Å². The van der Waals surface area contributed by atoms with Crippen molar-refractivity contribution in [1.82, 2.24) is 4.90 Å². The topological polar surface area (TPSA) is 101 Å². The second kappa shape index (κ2) is 7.34. The smallest absolute Gasteiger partial charge is 0.303 e. The Balaban J connectivity index is 2.08. The highest BCUT2D eigenvalue weighted by atomic mass is 32.2. The van der Waals surface area contributed by atoms with Gasteiger partial charge in [-0.05, 0) is 30.2 Å². The van der Waals surface area contributed by atoms with Gasteiger partial charge >= 0.3 is 5.97 Å². The molecule has 1 aliphatic heterocycles. The van der Waals surface area contributed by atoms with Gasteiger partial charge in [-0.15, -0.1) is 0 Å². The highest BCUT2D eigenvalue weighted by Gasteiger charge is 2.31. The lowest BCUT2D eigenvalue weighted by Gasteiger charge is -2.13. The quantitative estimate of drug-likeness (QED) is 0.363. The number of nitro benzene ring substituents is 1. The van der Waals surface area contributed by atoms with Gasteiger partial charge in [0.25, 0.3) is 11.6 Å². The van der Waals surface area contributed by atoms with Crippen LogP contribution in [0.4, 0.5) is 5.69 Å². The van der Waals surface area contributed by atoms with Crippen LogP contribution in [0.15, 0.2) is 29.2 Å². The van der Waals surface area contributed by atoms with Gasteiger partial charge in [-0.1, -0.05) is 24.0 Å². The third-order valence-electron chi connectivity index (χ3n) is 3.05. The average molecular weight is 352 g/mol. The van der Waals surface area contributed by atoms with E-state index in [2.05, 4.69) is 0 Å². The van der Waals surface area contributed by atoms with Crippen LogP contribution < -0.4 is 0 Å². The van der Waals surface area contributed by atoms with Crippen molar-refractivity contribution in [2.24, 2.45) is 0 Å². The van der Waals surface area contributed by atoms with Gasteiger partial charge in [-0.3, -0.25) is 24.6 Å². The maximum Gasteiger partial charge on any atom is 0.303 e. The van der Waals surface area contributed by atoms with Gasteiger partial charge in [0.2, 0.25) is 0 Å². The van der Waals surface area contributed by atoms with Gasteiger partial charge in [-0.2, -0.15) is 0 Å². The Bertz CT molecular complexity index is 700. The zero-order chi connectivity index (χ0) is 17.0. The Kier molecular flexibility index (Phi) is 5.45. The van der Waals surface area contributed by atoms with Gasteiger partial charge < -0.3 is 5.11 Å². The number of carboxylic acids is 1. The predicted octanol–water partition coefficient (Wildman–Crippen LogP) is 2.66. The zero-order valence-corrected chi connectivity index (χ0v) is 13.4. The van der Waals surface area contributed by atoms with E-state index in [1.165, 1.54) is 17.0 Å². The summed E-state index contributed by atoms with van der Waals surface area (Å²) in [7, 11) is 0. The van der Waals surface area contributed by atoms with Gasteiger partial charge in [0.1, 0.15) is 4.32 Å².